The third kappa shape index (κ3) is 3.75. The largest absolute Gasteiger partial charge is 0.269 e. The smallest absolute Gasteiger partial charge is 0.258 e. The van der Waals surface area contributed by atoms with Crippen LogP contribution in [0, 0.1) is 17.0 Å². The molecule has 0 spiro atoms. The number of hydrogen-bond donors (Lipinski definition) is 1. The van der Waals surface area contributed by atoms with Crippen LogP contribution in [0.15, 0.2) is 53.4 Å². The van der Waals surface area contributed by atoms with E-state index in [0.29, 0.717) is 0 Å². The molecule has 2 rings (SSSR count). The van der Waals surface area contributed by atoms with Crippen molar-refractivity contribution >= 4 is 15.7 Å². The highest BCUT2D eigenvalue weighted by Gasteiger charge is 2.29. The second kappa shape index (κ2) is 6.10. The molecule has 0 aliphatic rings. The number of benzene rings is 2. The van der Waals surface area contributed by atoms with Gasteiger partial charge in [-0.3, -0.25) is 10.1 Å². The van der Waals surface area contributed by atoms with Gasteiger partial charge in [-0.15, -0.1) is 0 Å². The zero-order chi connectivity index (χ0) is 17.3. The number of nitro groups is 1. The first kappa shape index (κ1) is 17.1. The maximum absolute atomic E-state index is 12.5. The average Bonchev–Trinajstić information content (AvgIpc) is 2.46. The number of sulfonamides is 1. The van der Waals surface area contributed by atoms with Crippen LogP contribution in [0.2, 0.25) is 0 Å². The van der Waals surface area contributed by atoms with Gasteiger partial charge >= 0.3 is 0 Å². The Hall–Kier alpha value is -2.25. The third-order valence-corrected chi connectivity index (χ3v) is 5.24. The summed E-state index contributed by atoms with van der Waals surface area (Å²) in [6.07, 6.45) is 0. The summed E-state index contributed by atoms with van der Waals surface area (Å²) in [4.78, 5) is 10.1. The highest BCUT2D eigenvalue weighted by Crippen LogP contribution is 2.26. The molecule has 2 aromatic carbocycles. The summed E-state index contributed by atoms with van der Waals surface area (Å²) in [6.45, 7) is 5.47. The number of nitrogens with zero attached hydrogens (tertiary/aromatic N) is 1. The molecule has 0 aliphatic heterocycles. The number of non-ortho nitro benzene ring substituents is 1. The van der Waals surface area contributed by atoms with E-state index in [1.165, 1.54) is 24.3 Å². The summed E-state index contributed by atoms with van der Waals surface area (Å²) >= 11 is 0. The Balaban J connectivity index is 2.33. The number of nitro benzene ring substituents is 1. The van der Waals surface area contributed by atoms with Crippen molar-refractivity contribution in [3.05, 3.63) is 69.8 Å². The van der Waals surface area contributed by atoms with Crippen molar-refractivity contribution in [2.45, 2.75) is 31.2 Å². The Labute approximate surface area is 135 Å². The Morgan fingerprint density at radius 3 is 2.13 bits per heavy atom. The topological polar surface area (TPSA) is 89.3 Å². The summed E-state index contributed by atoms with van der Waals surface area (Å²) < 4.78 is 27.7. The van der Waals surface area contributed by atoms with E-state index < -0.39 is 20.5 Å². The van der Waals surface area contributed by atoms with Gasteiger partial charge in [0.1, 0.15) is 0 Å². The van der Waals surface area contributed by atoms with Crippen LogP contribution >= 0.6 is 0 Å². The molecule has 6 nitrogen and oxygen atoms in total. The predicted molar refractivity (Wildman–Crippen MR) is 87.6 cm³/mol. The summed E-state index contributed by atoms with van der Waals surface area (Å²) in [5, 5.41) is 10.7. The molecule has 0 radical (unpaired) electrons. The van der Waals surface area contributed by atoms with Crippen LogP contribution in [0.3, 0.4) is 0 Å². The fourth-order valence-corrected chi connectivity index (χ4v) is 3.86. The van der Waals surface area contributed by atoms with E-state index in [-0.39, 0.29) is 10.6 Å². The van der Waals surface area contributed by atoms with Crippen molar-refractivity contribution in [1.29, 1.82) is 0 Å². The van der Waals surface area contributed by atoms with Crippen molar-refractivity contribution in [2.75, 3.05) is 0 Å². The SMILES string of the molecule is Cc1ccccc1C(C)(C)NS(=O)(=O)c1ccc([N+](=O)[O-])cc1. The van der Waals surface area contributed by atoms with E-state index >= 15 is 0 Å². The summed E-state index contributed by atoms with van der Waals surface area (Å²) in [6, 6.07) is 12.3. The monoisotopic (exact) mass is 334 g/mol. The second-order valence-electron chi connectivity index (χ2n) is 5.80. The summed E-state index contributed by atoms with van der Waals surface area (Å²) in [7, 11) is -3.80. The molecule has 0 aliphatic carbocycles. The zero-order valence-corrected chi connectivity index (χ0v) is 13.9. The normalized spacial score (nSPS) is 12.1. The van der Waals surface area contributed by atoms with Gasteiger partial charge in [0.25, 0.3) is 5.69 Å². The molecule has 0 heterocycles. The zero-order valence-electron chi connectivity index (χ0n) is 13.1. The maximum Gasteiger partial charge on any atom is 0.269 e. The standard InChI is InChI=1S/C16H18N2O4S/c1-12-6-4-5-7-15(12)16(2,3)17-23(21,22)14-10-8-13(9-11-14)18(19)20/h4-11,17H,1-3H3. The minimum absolute atomic E-state index is 0.00948. The molecule has 0 saturated heterocycles. The van der Waals surface area contributed by atoms with E-state index in [1.807, 2.05) is 31.2 Å². The van der Waals surface area contributed by atoms with Gasteiger partial charge in [0, 0.05) is 12.1 Å². The number of nitrogens with one attached hydrogen (secondary N) is 1. The van der Waals surface area contributed by atoms with Crippen LogP contribution < -0.4 is 4.72 Å². The van der Waals surface area contributed by atoms with E-state index in [4.69, 9.17) is 0 Å². The molecule has 23 heavy (non-hydrogen) atoms. The number of aryl methyl sites for hydroxylation is 1. The van der Waals surface area contributed by atoms with Gasteiger partial charge in [-0.2, -0.15) is 0 Å². The highest BCUT2D eigenvalue weighted by molar-refractivity contribution is 7.89. The minimum atomic E-state index is -3.80. The van der Waals surface area contributed by atoms with Gasteiger partial charge in [-0.1, -0.05) is 24.3 Å². The molecule has 122 valence electrons. The maximum atomic E-state index is 12.5. The third-order valence-electron chi connectivity index (χ3n) is 3.57. The van der Waals surface area contributed by atoms with Crippen molar-refractivity contribution in [2.24, 2.45) is 0 Å². The fraction of sp³-hybridized carbons (Fsp3) is 0.250. The van der Waals surface area contributed by atoms with Crippen LogP contribution in [0.1, 0.15) is 25.0 Å². The molecule has 0 aromatic heterocycles. The van der Waals surface area contributed by atoms with Gasteiger partial charge in [-0.25, -0.2) is 13.1 Å². The molecule has 0 amide bonds. The fourth-order valence-electron chi connectivity index (χ4n) is 2.47. The number of hydrogen-bond acceptors (Lipinski definition) is 4. The van der Waals surface area contributed by atoms with Gasteiger partial charge < -0.3 is 0 Å². The van der Waals surface area contributed by atoms with Crippen LogP contribution in [0.5, 0.6) is 0 Å². The lowest BCUT2D eigenvalue weighted by Crippen LogP contribution is -2.41. The Kier molecular flexibility index (Phi) is 4.53. The summed E-state index contributed by atoms with van der Waals surface area (Å²) in [5.74, 6) is 0. The molecular weight excluding hydrogens is 316 g/mol. The second-order valence-corrected chi connectivity index (χ2v) is 7.48. The molecule has 0 atom stereocenters. The van der Waals surface area contributed by atoms with Gasteiger partial charge in [-0.05, 0) is 44.0 Å². The van der Waals surface area contributed by atoms with Crippen LogP contribution in [-0.4, -0.2) is 13.3 Å². The van der Waals surface area contributed by atoms with Crippen molar-refractivity contribution < 1.29 is 13.3 Å². The molecule has 0 fully saturated rings. The van der Waals surface area contributed by atoms with E-state index in [9.17, 15) is 18.5 Å². The van der Waals surface area contributed by atoms with E-state index in [2.05, 4.69) is 4.72 Å². The van der Waals surface area contributed by atoms with Crippen molar-refractivity contribution in [1.82, 2.24) is 4.72 Å². The first-order valence-electron chi connectivity index (χ1n) is 6.98. The van der Waals surface area contributed by atoms with E-state index in [0.717, 1.165) is 11.1 Å². The van der Waals surface area contributed by atoms with E-state index in [1.54, 1.807) is 13.8 Å². The van der Waals surface area contributed by atoms with Crippen molar-refractivity contribution in [3.8, 4) is 0 Å². The molecule has 7 heteroatoms. The van der Waals surface area contributed by atoms with Gasteiger partial charge in [0.15, 0.2) is 0 Å². The average molecular weight is 334 g/mol. The van der Waals surface area contributed by atoms with Gasteiger partial charge in [0.05, 0.1) is 15.4 Å². The lowest BCUT2D eigenvalue weighted by Gasteiger charge is -2.28. The first-order chi connectivity index (χ1) is 10.6. The van der Waals surface area contributed by atoms with Crippen LogP contribution in [-0.2, 0) is 15.6 Å². The Morgan fingerprint density at radius 1 is 1.04 bits per heavy atom. The highest BCUT2D eigenvalue weighted by atomic mass is 32.2. The molecule has 0 saturated carbocycles. The lowest BCUT2D eigenvalue weighted by atomic mass is 9.92. The predicted octanol–water partition coefficient (Wildman–Crippen LogP) is 3.12. The summed E-state index contributed by atoms with van der Waals surface area (Å²) in [5.41, 5.74) is 0.878. The molecule has 1 N–H and O–H groups in total. The number of rotatable bonds is 5. The first-order valence-corrected chi connectivity index (χ1v) is 8.46. The molecular formula is C16H18N2O4S. The van der Waals surface area contributed by atoms with Gasteiger partial charge in [0.2, 0.25) is 10.0 Å². The quantitative estimate of drug-likeness (QED) is 0.672. The Bertz CT molecular complexity index is 827. The van der Waals surface area contributed by atoms with Crippen molar-refractivity contribution in [3.63, 3.8) is 0 Å². The molecule has 0 unspecified atom stereocenters. The molecule has 0 bridgehead atoms. The van der Waals surface area contributed by atoms with Crippen LogP contribution in [0.25, 0.3) is 0 Å². The lowest BCUT2D eigenvalue weighted by molar-refractivity contribution is -0.384. The minimum Gasteiger partial charge on any atom is -0.258 e. The molecule has 2 aromatic rings. The van der Waals surface area contributed by atoms with Crippen LogP contribution in [0.4, 0.5) is 5.69 Å². The Morgan fingerprint density at radius 2 is 1.61 bits per heavy atom.